The number of amides is 1. The van der Waals surface area contributed by atoms with Crippen molar-refractivity contribution in [3.05, 3.63) is 30.5 Å². The molecule has 1 aliphatic heterocycles. The number of fused-ring (bicyclic) bond motifs is 1. The first-order valence-corrected chi connectivity index (χ1v) is 9.57. The fourth-order valence-electron chi connectivity index (χ4n) is 3.47. The third-order valence-corrected chi connectivity index (χ3v) is 5.89. The molecule has 3 aromatic rings. The Morgan fingerprint density at radius 2 is 2.19 bits per heavy atom. The van der Waals surface area contributed by atoms with E-state index in [-0.39, 0.29) is 11.8 Å². The van der Waals surface area contributed by atoms with E-state index in [1.165, 1.54) is 11.5 Å². The first kappa shape index (κ1) is 17.5. The molecule has 1 amide bonds. The molecule has 0 saturated carbocycles. The molecule has 1 aromatic carbocycles. The van der Waals surface area contributed by atoms with Crippen molar-refractivity contribution in [3.8, 4) is 16.9 Å². The first-order chi connectivity index (χ1) is 13.1. The normalized spacial score (nSPS) is 17.2. The quantitative estimate of drug-likeness (QED) is 0.671. The molecule has 7 nitrogen and oxygen atoms in total. The number of pyridine rings is 1. The van der Waals surface area contributed by atoms with Crippen LogP contribution in [-0.4, -0.2) is 35.5 Å². The van der Waals surface area contributed by atoms with Crippen LogP contribution in [0.25, 0.3) is 22.2 Å². The number of piperidine rings is 1. The summed E-state index contributed by atoms with van der Waals surface area (Å²) >= 11 is 1.41. The van der Waals surface area contributed by atoms with Crippen LogP contribution in [0.4, 0.5) is 10.7 Å². The minimum atomic E-state index is -0.235. The minimum Gasteiger partial charge on any atom is -0.495 e. The molecule has 0 spiro atoms. The number of methoxy groups -OCH3 is 1. The van der Waals surface area contributed by atoms with Crippen molar-refractivity contribution in [3.63, 3.8) is 0 Å². The Labute approximate surface area is 161 Å². The van der Waals surface area contributed by atoms with Crippen molar-refractivity contribution in [2.75, 3.05) is 30.8 Å². The van der Waals surface area contributed by atoms with E-state index in [9.17, 15) is 4.79 Å². The van der Waals surface area contributed by atoms with E-state index >= 15 is 0 Å². The molecule has 0 bridgehead atoms. The van der Waals surface area contributed by atoms with Crippen LogP contribution >= 0.6 is 11.5 Å². The monoisotopic (exact) mass is 383 g/mol. The third kappa shape index (κ3) is 3.28. The van der Waals surface area contributed by atoms with Gasteiger partial charge in [-0.05, 0) is 48.1 Å². The number of ether oxygens (including phenoxy) is 1. The molecule has 1 fully saturated rings. The maximum Gasteiger partial charge on any atom is 0.222 e. The lowest BCUT2D eigenvalue weighted by Gasteiger charge is -2.31. The molecule has 3 heterocycles. The summed E-state index contributed by atoms with van der Waals surface area (Å²) in [5.74, 6) is 0.288. The lowest BCUT2D eigenvalue weighted by molar-refractivity contribution is -0.122. The second kappa shape index (κ2) is 7.03. The van der Waals surface area contributed by atoms with Gasteiger partial charge in [0.15, 0.2) is 0 Å². The second-order valence-corrected chi connectivity index (χ2v) is 7.48. The van der Waals surface area contributed by atoms with Crippen LogP contribution < -0.4 is 21.1 Å². The van der Waals surface area contributed by atoms with Crippen LogP contribution in [-0.2, 0) is 4.79 Å². The molecule has 0 aliphatic carbocycles. The number of nitrogen functional groups attached to an aromatic ring is 1. The zero-order chi connectivity index (χ0) is 19.0. The number of nitrogens with two attached hydrogens (primary N) is 2. The zero-order valence-electron chi connectivity index (χ0n) is 15.0. The number of hydrogen-bond acceptors (Lipinski definition) is 7. The summed E-state index contributed by atoms with van der Waals surface area (Å²) in [5, 5.41) is 0.998. The van der Waals surface area contributed by atoms with Gasteiger partial charge in [0.2, 0.25) is 5.91 Å². The standard InChI is InChI=1S/C19H21N5O2S/c1-26-16-8-11(4-5-14(16)20)13-7-15-17(22-9-13)19(27-23-15)24-6-2-3-12(10-24)18(21)25/h4-5,7-9,12H,2-3,6,10,20H2,1H3,(H2,21,25). The van der Waals surface area contributed by atoms with E-state index in [0.29, 0.717) is 18.0 Å². The van der Waals surface area contributed by atoms with Crippen molar-refractivity contribution in [2.24, 2.45) is 11.7 Å². The summed E-state index contributed by atoms with van der Waals surface area (Å²) in [6.07, 6.45) is 3.62. The van der Waals surface area contributed by atoms with Gasteiger partial charge in [-0.3, -0.25) is 9.78 Å². The summed E-state index contributed by atoms with van der Waals surface area (Å²) < 4.78 is 9.88. The number of aromatic nitrogens is 2. The van der Waals surface area contributed by atoms with Gasteiger partial charge >= 0.3 is 0 Å². The largest absolute Gasteiger partial charge is 0.495 e. The molecule has 0 radical (unpaired) electrons. The smallest absolute Gasteiger partial charge is 0.222 e. The highest BCUT2D eigenvalue weighted by molar-refractivity contribution is 7.11. The number of carbonyl (C=O) groups is 1. The maximum absolute atomic E-state index is 11.6. The predicted molar refractivity (Wildman–Crippen MR) is 108 cm³/mol. The third-order valence-electron chi connectivity index (χ3n) is 4.98. The van der Waals surface area contributed by atoms with Gasteiger partial charge in [0.05, 0.1) is 18.7 Å². The molecular weight excluding hydrogens is 362 g/mol. The Morgan fingerprint density at radius 3 is 2.96 bits per heavy atom. The van der Waals surface area contributed by atoms with Gasteiger partial charge in [-0.15, -0.1) is 0 Å². The predicted octanol–water partition coefficient (Wildman–Crippen LogP) is 2.65. The molecular formula is C19H21N5O2S. The van der Waals surface area contributed by atoms with Gasteiger partial charge in [-0.2, -0.15) is 4.37 Å². The summed E-state index contributed by atoms with van der Waals surface area (Å²) in [7, 11) is 1.60. The Kier molecular flexibility index (Phi) is 4.57. The van der Waals surface area contributed by atoms with Crippen LogP contribution in [0, 0.1) is 5.92 Å². The molecule has 4 rings (SSSR count). The number of primary amides is 1. The summed E-state index contributed by atoms with van der Waals surface area (Å²) in [6, 6.07) is 7.68. The molecule has 8 heteroatoms. The van der Waals surface area contributed by atoms with Crippen LogP contribution in [0.5, 0.6) is 5.75 Å². The van der Waals surface area contributed by atoms with Crippen molar-refractivity contribution in [1.29, 1.82) is 0 Å². The highest BCUT2D eigenvalue weighted by Gasteiger charge is 2.26. The van der Waals surface area contributed by atoms with E-state index in [0.717, 1.165) is 46.5 Å². The van der Waals surface area contributed by atoms with Gasteiger partial charge in [0.25, 0.3) is 0 Å². The van der Waals surface area contributed by atoms with E-state index in [2.05, 4.69) is 14.3 Å². The Hall–Kier alpha value is -2.87. The average Bonchev–Trinajstić information content (AvgIpc) is 3.11. The molecule has 1 unspecified atom stereocenters. The number of hydrogen-bond donors (Lipinski definition) is 2. The van der Waals surface area contributed by atoms with Gasteiger partial charge in [-0.25, -0.2) is 0 Å². The molecule has 1 aliphatic rings. The topological polar surface area (TPSA) is 107 Å². The van der Waals surface area contributed by atoms with Crippen LogP contribution in [0.3, 0.4) is 0 Å². The maximum atomic E-state index is 11.6. The molecule has 4 N–H and O–H groups in total. The van der Waals surface area contributed by atoms with Crippen molar-refractivity contribution in [1.82, 2.24) is 9.36 Å². The van der Waals surface area contributed by atoms with E-state index in [4.69, 9.17) is 16.2 Å². The summed E-state index contributed by atoms with van der Waals surface area (Å²) in [5.41, 5.74) is 15.6. The number of benzene rings is 1. The first-order valence-electron chi connectivity index (χ1n) is 8.80. The summed E-state index contributed by atoms with van der Waals surface area (Å²) in [6.45, 7) is 1.52. The molecule has 2 aromatic heterocycles. The Balaban J connectivity index is 1.67. The van der Waals surface area contributed by atoms with Crippen molar-refractivity contribution < 1.29 is 9.53 Å². The lowest BCUT2D eigenvalue weighted by Crippen LogP contribution is -2.40. The number of carbonyl (C=O) groups excluding carboxylic acids is 1. The van der Waals surface area contributed by atoms with E-state index in [1.54, 1.807) is 7.11 Å². The number of anilines is 2. The van der Waals surface area contributed by atoms with Gasteiger partial charge in [-0.1, -0.05) is 6.07 Å². The Morgan fingerprint density at radius 1 is 1.33 bits per heavy atom. The highest BCUT2D eigenvalue weighted by atomic mass is 32.1. The highest BCUT2D eigenvalue weighted by Crippen LogP contribution is 2.35. The second-order valence-electron chi connectivity index (χ2n) is 6.72. The molecule has 1 atom stereocenters. The fraction of sp³-hybridized carbons (Fsp3) is 0.316. The van der Waals surface area contributed by atoms with Crippen LogP contribution in [0.1, 0.15) is 12.8 Å². The van der Waals surface area contributed by atoms with Gasteiger partial charge in [0.1, 0.15) is 21.8 Å². The van der Waals surface area contributed by atoms with Crippen molar-refractivity contribution >= 4 is 39.2 Å². The zero-order valence-corrected chi connectivity index (χ0v) is 15.8. The SMILES string of the molecule is COc1cc(-c2cnc3c(N4CCCC(C(N)=O)C4)snc3c2)ccc1N. The minimum absolute atomic E-state index is 0.114. The van der Waals surface area contributed by atoms with Crippen LogP contribution in [0.2, 0.25) is 0 Å². The van der Waals surface area contributed by atoms with Crippen LogP contribution in [0.15, 0.2) is 30.5 Å². The lowest BCUT2D eigenvalue weighted by atomic mass is 9.98. The number of nitrogens with zero attached hydrogens (tertiary/aromatic N) is 3. The fourth-order valence-corrected chi connectivity index (χ4v) is 4.32. The summed E-state index contributed by atoms with van der Waals surface area (Å²) in [4.78, 5) is 18.4. The van der Waals surface area contributed by atoms with Crippen molar-refractivity contribution in [2.45, 2.75) is 12.8 Å². The van der Waals surface area contributed by atoms with E-state index in [1.807, 2.05) is 30.5 Å². The molecule has 27 heavy (non-hydrogen) atoms. The molecule has 1 saturated heterocycles. The van der Waals surface area contributed by atoms with Gasteiger partial charge in [0, 0.05) is 24.8 Å². The number of rotatable bonds is 4. The van der Waals surface area contributed by atoms with Gasteiger partial charge < -0.3 is 21.1 Å². The van der Waals surface area contributed by atoms with E-state index < -0.39 is 0 Å². The Bertz CT molecular complexity index is 1000. The molecule has 140 valence electrons. The average molecular weight is 383 g/mol.